The van der Waals surface area contributed by atoms with Crippen LogP contribution in [0.15, 0.2) is 0 Å². The van der Waals surface area contributed by atoms with Crippen molar-refractivity contribution in [2.75, 3.05) is 11.5 Å². The van der Waals surface area contributed by atoms with Crippen molar-refractivity contribution < 1.29 is 0 Å². The molecule has 0 saturated heterocycles. The van der Waals surface area contributed by atoms with Crippen molar-refractivity contribution in [3.8, 4) is 0 Å². The van der Waals surface area contributed by atoms with Gasteiger partial charge in [-0.3, -0.25) is 0 Å². The zero-order chi connectivity index (χ0) is 26.1. The van der Waals surface area contributed by atoms with Crippen LogP contribution in [0.2, 0.25) is 26.6 Å². The van der Waals surface area contributed by atoms with Gasteiger partial charge in [-0.15, -0.1) is 0 Å². The predicted molar refractivity (Wildman–Crippen MR) is 178 cm³/mol. The van der Waals surface area contributed by atoms with Crippen LogP contribution in [0, 0.1) is 0 Å². The summed E-state index contributed by atoms with van der Waals surface area (Å²) < 4.78 is 10.1. The van der Waals surface area contributed by atoms with Crippen LogP contribution < -0.4 is 0 Å². The van der Waals surface area contributed by atoms with Gasteiger partial charge in [0, 0.05) is 0 Å². The van der Waals surface area contributed by atoms with Crippen molar-refractivity contribution >= 4 is 51.9 Å². The van der Waals surface area contributed by atoms with Gasteiger partial charge in [0.1, 0.15) is 0 Å². The maximum absolute atomic E-state index is 2.60. The van der Waals surface area contributed by atoms with E-state index in [4.69, 9.17) is 0 Å². The molecule has 0 nitrogen and oxygen atoms in total. The van der Waals surface area contributed by atoms with Gasteiger partial charge in [0.15, 0.2) is 0 Å². The molecule has 0 aromatic heterocycles. The zero-order valence-corrected chi connectivity index (χ0v) is 32.8. The molecule has 0 radical (unpaired) electrons. The molecule has 0 aliphatic heterocycles. The van der Waals surface area contributed by atoms with Crippen LogP contribution in [0.25, 0.3) is 0 Å². The van der Waals surface area contributed by atoms with E-state index in [1.165, 1.54) is 121 Å². The van der Waals surface area contributed by atoms with E-state index in [2.05, 4.69) is 59.4 Å². The van der Waals surface area contributed by atoms with Crippen molar-refractivity contribution in [2.24, 2.45) is 0 Å². The molecule has 0 rings (SSSR count). The van der Waals surface area contributed by atoms with E-state index in [9.17, 15) is 0 Å². The van der Waals surface area contributed by atoms with Gasteiger partial charge in [-0.05, 0) is 0 Å². The second kappa shape index (κ2) is 26.5. The molecule has 0 fully saturated rings. The Bertz CT molecular complexity index is 349. The molecule has 4 heteroatoms. The summed E-state index contributed by atoms with van der Waals surface area (Å²) >= 11 is -3.86. The SMILES string of the molecule is CCC[CH2][Sn]([CH2]CCC)([CH2]CCC)[S]CCCCCCC[S][Sn]([CH2]CCC)([CH2]CCC)[CH2]CCC. The number of hydrogen-bond donors (Lipinski definition) is 0. The summed E-state index contributed by atoms with van der Waals surface area (Å²) in [7, 11) is 5.20. The molecule has 35 heavy (non-hydrogen) atoms. The monoisotopic (exact) mass is 744 g/mol. The van der Waals surface area contributed by atoms with E-state index < -0.39 is 34.0 Å². The minimum absolute atomic E-state index is 1.41. The second-order valence-corrected chi connectivity index (χ2v) is 51.5. The number of unbranched alkanes of at least 4 members (excludes halogenated alkanes) is 10. The Labute approximate surface area is 238 Å². The van der Waals surface area contributed by atoms with Gasteiger partial charge in [0.25, 0.3) is 0 Å². The molecule has 0 heterocycles. The average molecular weight is 742 g/mol. The normalized spacial score (nSPS) is 12.5. The maximum atomic E-state index is 2.60. The summed E-state index contributed by atoms with van der Waals surface area (Å²) in [5, 5.41) is 0. The molecule has 0 amide bonds. The van der Waals surface area contributed by atoms with E-state index in [1.807, 2.05) is 0 Å². The van der Waals surface area contributed by atoms with Crippen LogP contribution in [0.3, 0.4) is 0 Å². The van der Waals surface area contributed by atoms with Gasteiger partial charge < -0.3 is 0 Å². The van der Waals surface area contributed by atoms with Crippen LogP contribution in [-0.4, -0.2) is 45.5 Å². The molecule has 0 bridgehead atoms. The third-order valence-corrected chi connectivity index (χ3v) is 54.1. The Morgan fingerprint density at radius 3 is 0.771 bits per heavy atom. The molecule has 212 valence electrons. The number of hydrogen-bond acceptors (Lipinski definition) is 2. The van der Waals surface area contributed by atoms with Crippen molar-refractivity contribution in [3.05, 3.63) is 0 Å². The topological polar surface area (TPSA) is 0 Å². The van der Waals surface area contributed by atoms with Crippen LogP contribution in [0.1, 0.15) is 151 Å². The van der Waals surface area contributed by atoms with Crippen LogP contribution in [-0.2, 0) is 0 Å². The molecule has 0 spiro atoms. The number of rotatable bonds is 28. The van der Waals surface area contributed by atoms with Crippen molar-refractivity contribution in [3.63, 3.8) is 0 Å². The van der Waals surface area contributed by atoms with Gasteiger partial charge in [-0.2, -0.15) is 0 Å². The van der Waals surface area contributed by atoms with E-state index in [1.54, 1.807) is 26.6 Å². The molecule has 0 aromatic rings. The Kier molecular flexibility index (Phi) is 28.3. The van der Waals surface area contributed by atoms with Gasteiger partial charge in [-0.1, -0.05) is 0 Å². The minimum atomic E-state index is -1.93. The van der Waals surface area contributed by atoms with E-state index >= 15 is 0 Å². The Morgan fingerprint density at radius 1 is 0.314 bits per heavy atom. The van der Waals surface area contributed by atoms with Gasteiger partial charge in [0.05, 0.1) is 0 Å². The third kappa shape index (κ3) is 19.9. The van der Waals surface area contributed by atoms with Crippen molar-refractivity contribution in [1.29, 1.82) is 0 Å². The van der Waals surface area contributed by atoms with Gasteiger partial charge in [0.2, 0.25) is 0 Å². The van der Waals surface area contributed by atoms with Gasteiger partial charge in [-0.25, -0.2) is 0 Å². The van der Waals surface area contributed by atoms with Crippen LogP contribution in [0.4, 0.5) is 0 Å². The zero-order valence-electron chi connectivity index (χ0n) is 25.5. The summed E-state index contributed by atoms with van der Waals surface area (Å²) in [5.74, 6) is 3.01. The van der Waals surface area contributed by atoms with Crippen LogP contribution in [0.5, 0.6) is 0 Å². The summed E-state index contributed by atoms with van der Waals surface area (Å²) in [5.41, 5.74) is 0. The fourth-order valence-corrected chi connectivity index (χ4v) is 52.4. The van der Waals surface area contributed by atoms with E-state index in [0.717, 1.165) is 0 Å². The summed E-state index contributed by atoms with van der Waals surface area (Å²) in [4.78, 5) is 0. The Balaban J connectivity index is 4.39. The van der Waals surface area contributed by atoms with Gasteiger partial charge >= 0.3 is 241 Å². The molecule has 0 N–H and O–H groups in total. The van der Waals surface area contributed by atoms with Crippen LogP contribution >= 0.6 is 17.9 Å². The Morgan fingerprint density at radius 2 is 0.543 bits per heavy atom. The first-order chi connectivity index (χ1) is 17.1. The third-order valence-electron chi connectivity index (χ3n) is 8.02. The molecule has 0 aliphatic rings. The molecule has 0 saturated carbocycles. The molecule has 0 aromatic carbocycles. The molecular weight excluding hydrogens is 674 g/mol. The predicted octanol–water partition coefficient (Wildman–Crippen LogP) is 13.1. The average Bonchev–Trinajstić information content (AvgIpc) is 2.88. The first-order valence-electron chi connectivity index (χ1n) is 16.3. The Hall–Kier alpha value is 2.30. The van der Waals surface area contributed by atoms with Crippen molar-refractivity contribution in [2.45, 2.75) is 177 Å². The summed E-state index contributed by atoms with van der Waals surface area (Å²) in [6.07, 6.45) is 25.1. The fraction of sp³-hybridized carbons (Fsp3) is 1.00. The van der Waals surface area contributed by atoms with Crippen molar-refractivity contribution in [1.82, 2.24) is 0 Å². The standard InChI is InChI=1S/C7H16S2.6C4H9.2Sn/c8-6-4-2-1-3-5-7-9;6*1-3-4-2;;/h8-9H,1-7H2;6*1,3-4H2,2H3;;/q;;;;;;;2*+1/p-2. The summed E-state index contributed by atoms with van der Waals surface area (Å²) in [6, 6.07) is 0. The second-order valence-electron chi connectivity index (χ2n) is 11.5. The van der Waals surface area contributed by atoms with E-state index in [0.29, 0.717) is 0 Å². The molecule has 0 atom stereocenters. The molecule has 0 unspecified atom stereocenters. The molecular formula is C31H68S2Sn2. The quantitative estimate of drug-likeness (QED) is 0.0578. The first-order valence-corrected chi connectivity index (χ1v) is 37.4. The summed E-state index contributed by atoms with van der Waals surface area (Å²) in [6.45, 7) is 14.4. The molecule has 0 aliphatic carbocycles. The van der Waals surface area contributed by atoms with E-state index in [-0.39, 0.29) is 0 Å². The first kappa shape index (κ1) is 37.3. The fourth-order valence-electron chi connectivity index (χ4n) is 5.49.